The highest BCUT2D eigenvalue weighted by molar-refractivity contribution is 4.88. The van der Waals surface area contributed by atoms with Crippen molar-refractivity contribution in [2.75, 3.05) is 13.1 Å². The van der Waals surface area contributed by atoms with Crippen molar-refractivity contribution >= 4 is 0 Å². The van der Waals surface area contributed by atoms with E-state index < -0.39 is 0 Å². The lowest BCUT2D eigenvalue weighted by Gasteiger charge is -2.42. The van der Waals surface area contributed by atoms with Crippen LogP contribution in [0.4, 0.5) is 0 Å². The lowest BCUT2D eigenvalue weighted by molar-refractivity contribution is 0.0933. The Kier molecular flexibility index (Phi) is 6.83. The third kappa shape index (κ3) is 4.73. The van der Waals surface area contributed by atoms with Crippen molar-refractivity contribution in [3.8, 4) is 0 Å². The Hall–Kier alpha value is -0.0800. The standard InChI is InChI=1S/C18H36N2/c1-4-6-9-16-12-18(19-17-10-7-8-11-17)14-20(13-16)15(3)5-2/h15-19H,4-14H2,1-3H3. The highest BCUT2D eigenvalue weighted by atomic mass is 15.2. The van der Waals surface area contributed by atoms with Crippen molar-refractivity contribution in [2.24, 2.45) is 5.92 Å². The van der Waals surface area contributed by atoms with Gasteiger partial charge in [0.1, 0.15) is 0 Å². The van der Waals surface area contributed by atoms with Crippen molar-refractivity contribution in [2.45, 2.75) is 96.7 Å². The average Bonchev–Trinajstić information content (AvgIpc) is 2.96. The van der Waals surface area contributed by atoms with Crippen molar-refractivity contribution in [1.82, 2.24) is 10.2 Å². The molecule has 0 aromatic carbocycles. The zero-order valence-corrected chi connectivity index (χ0v) is 14.0. The van der Waals surface area contributed by atoms with E-state index in [4.69, 9.17) is 0 Å². The molecule has 1 aliphatic carbocycles. The molecule has 20 heavy (non-hydrogen) atoms. The van der Waals surface area contributed by atoms with Crippen molar-refractivity contribution < 1.29 is 0 Å². The zero-order chi connectivity index (χ0) is 14.4. The highest BCUT2D eigenvalue weighted by Gasteiger charge is 2.30. The molecule has 0 aromatic heterocycles. The molecule has 2 rings (SSSR count). The number of piperidine rings is 1. The fourth-order valence-corrected chi connectivity index (χ4v) is 4.11. The first kappa shape index (κ1) is 16.3. The second-order valence-corrected chi connectivity index (χ2v) is 7.30. The summed E-state index contributed by atoms with van der Waals surface area (Å²) in [5.41, 5.74) is 0. The molecule has 2 nitrogen and oxygen atoms in total. The Balaban J connectivity index is 1.88. The minimum atomic E-state index is 0.753. The third-order valence-electron chi connectivity index (χ3n) is 5.57. The van der Waals surface area contributed by atoms with Crippen LogP contribution in [0.2, 0.25) is 0 Å². The van der Waals surface area contributed by atoms with Gasteiger partial charge in [-0.25, -0.2) is 0 Å². The van der Waals surface area contributed by atoms with Crippen LogP contribution >= 0.6 is 0 Å². The van der Waals surface area contributed by atoms with E-state index in [1.54, 1.807) is 0 Å². The molecule has 118 valence electrons. The molecule has 0 aromatic rings. The molecule has 0 radical (unpaired) electrons. The summed E-state index contributed by atoms with van der Waals surface area (Å²) in [6, 6.07) is 2.33. The van der Waals surface area contributed by atoms with Gasteiger partial charge in [0.05, 0.1) is 0 Å². The minimum absolute atomic E-state index is 0.753. The van der Waals surface area contributed by atoms with Crippen LogP contribution in [0.5, 0.6) is 0 Å². The summed E-state index contributed by atoms with van der Waals surface area (Å²) in [5, 5.41) is 3.99. The zero-order valence-electron chi connectivity index (χ0n) is 14.0. The van der Waals surface area contributed by atoms with E-state index >= 15 is 0 Å². The van der Waals surface area contributed by atoms with Crippen LogP contribution in [0.1, 0.15) is 78.6 Å². The molecule has 0 amide bonds. The van der Waals surface area contributed by atoms with Crippen molar-refractivity contribution in [1.29, 1.82) is 0 Å². The normalized spacial score (nSPS) is 30.8. The van der Waals surface area contributed by atoms with E-state index in [1.807, 2.05) is 0 Å². The second kappa shape index (κ2) is 8.38. The van der Waals surface area contributed by atoms with Gasteiger partial charge in [0.15, 0.2) is 0 Å². The van der Waals surface area contributed by atoms with Crippen molar-refractivity contribution in [3.05, 3.63) is 0 Å². The van der Waals surface area contributed by atoms with Gasteiger partial charge in [0, 0.05) is 31.2 Å². The molecule has 1 N–H and O–H groups in total. The second-order valence-electron chi connectivity index (χ2n) is 7.30. The number of nitrogens with one attached hydrogen (secondary N) is 1. The first-order valence-corrected chi connectivity index (χ1v) is 9.23. The van der Waals surface area contributed by atoms with Crippen LogP contribution in [0.25, 0.3) is 0 Å². The van der Waals surface area contributed by atoms with Crippen LogP contribution in [0.15, 0.2) is 0 Å². The van der Waals surface area contributed by atoms with Crippen LogP contribution in [-0.2, 0) is 0 Å². The predicted molar refractivity (Wildman–Crippen MR) is 88.1 cm³/mol. The number of hydrogen-bond acceptors (Lipinski definition) is 2. The Bertz CT molecular complexity index is 260. The van der Waals surface area contributed by atoms with Crippen LogP contribution in [0, 0.1) is 5.92 Å². The molecule has 1 saturated heterocycles. The lowest BCUT2D eigenvalue weighted by atomic mass is 9.88. The molecule has 2 heteroatoms. The molecule has 1 heterocycles. The number of rotatable bonds is 7. The summed E-state index contributed by atoms with van der Waals surface area (Å²) in [5.74, 6) is 0.927. The quantitative estimate of drug-likeness (QED) is 0.752. The Morgan fingerprint density at radius 3 is 2.50 bits per heavy atom. The van der Waals surface area contributed by atoms with Gasteiger partial charge in [-0.3, -0.25) is 4.90 Å². The molecule has 0 bridgehead atoms. The first-order chi connectivity index (χ1) is 9.72. The van der Waals surface area contributed by atoms with Crippen molar-refractivity contribution in [3.63, 3.8) is 0 Å². The summed E-state index contributed by atoms with van der Waals surface area (Å²) in [6.07, 6.45) is 12.6. The molecule has 2 fully saturated rings. The summed E-state index contributed by atoms with van der Waals surface area (Å²) >= 11 is 0. The number of nitrogens with zero attached hydrogens (tertiary/aromatic N) is 1. The molecule has 1 aliphatic heterocycles. The van der Waals surface area contributed by atoms with E-state index in [1.165, 1.54) is 70.9 Å². The number of hydrogen-bond donors (Lipinski definition) is 1. The monoisotopic (exact) mass is 280 g/mol. The smallest absolute Gasteiger partial charge is 0.0200 e. The topological polar surface area (TPSA) is 15.3 Å². The SMILES string of the molecule is CCCCC1CC(NC2CCCC2)CN(C(C)CC)C1. The molecular weight excluding hydrogens is 244 g/mol. The van der Waals surface area contributed by atoms with Gasteiger partial charge in [-0.2, -0.15) is 0 Å². The summed E-state index contributed by atoms with van der Waals surface area (Å²) < 4.78 is 0. The van der Waals surface area contributed by atoms with Gasteiger partial charge in [-0.15, -0.1) is 0 Å². The molecule has 3 unspecified atom stereocenters. The Morgan fingerprint density at radius 2 is 1.85 bits per heavy atom. The average molecular weight is 280 g/mol. The summed E-state index contributed by atoms with van der Waals surface area (Å²) in [6.45, 7) is 9.70. The maximum absolute atomic E-state index is 3.99. The minimum Gasteiger partial charge on any atom is -0.310 e. The van der Waals surface area contributed by atoms with Gasteiger partial charge < -0.3 is 5.32 Å². The van der Waals surface area contributed by atoms with Gasteiger partial charge in [0.2, 0.25) is 0 Å². The van der Waals surface area contributed by atoms with Gasteiger partial charge in [-0.1, -0.05) is 39.5 Å². The maximum atomic E-state index is 3.99. The lowest BCUT2D eigenvalue weighted by Crippen LogP contribution is -2.53. The molecule has 0 spiro atoms. The number of likely N-dealkylation sites (tertiary alicyclic amines) is 1. The van der Waals surface area contributed by atoms with E-state index in [-0.39, 0.29) is 0 Å². The maximum Gasteiger partial charge on any atom is 0.0200 e. The van der Waals surface area contributed by atoms with E-state index in [2.05, 4.69) is 31.0 Å². The predicted octanol–water partition coefficient (Wildman–Crippen LogP) is 4.20. The molecular formula is C18H36N2. The number of unbranched alkanes of at least 4 members (excludes halogenated alkanes) is 1. The molecule has 3 atom stereocenters. The van der Waals surface area contributed by atoms with Gasteiger partial charge in [0.25, 0.3) is 0 Å². The van der Waals surface area contributed by atoms with E-state index in [9.17, 15) is 0 Å². The van der Waals surface area contributed by atoms with Crippen LogP contribution < -0.4 is 5.32 Å². The van der Waals surface area contributed by atoms with E-state index in [0.29, 0.717) is 0 Å². The summed E-state index contributed by atoms with van der Waals surface area (Å²) in [4.78, 5) is 2.76. The molecule has 2 aliphatic rings. The Labute approximate surface area is 126 Å². The van der Waals surface area contributed by atoms with Crippen LogP contribution in [-0.4, -0.2) is 36.1 Å². The summed E-state index contributed by atoms with van der Waals surface area (Å²) in [7, 11) is 0. The highest BCUT2D eigenvalue weighted by Crippen LogP contribution is 2.26. The van der Waals surface area contributed by atoms with E-state index in [0.717, 1.165) is 24.0 Å². The molecule has 1 saturated carbocycles. The third-order valence-corrected chi connectivity index (χ3v) is 5.57. The Morgan fingerprint density at radius 1 is 1.10 bits per heavy atom. The fourth-order valence-electron chi connectivity index (χ4n) is 4.11. The first-order valence-electron chi connectivity index (χ1n) is 9.23. The van der Waals surface area contributed by atoms with Gasteiger partial charge in [-0.05, 0) is 44.9 Å². The fraction of sp³-hybridized carbons (Fsp3) is 1.00. The van der Waals surface area contributed by atoms with Gasteiger partial charge >= 0.3 is 0 Å². The largest absolute Gasteiger partial charge is 0.310 e. The van der Waals surface area contributed by atoms with Crippen LogP contribution in [0.3, 0.4) is 0 Å².